The van der Waals surface area contributed by atoms with Crippen molar-refractivity contribution in [2.75, 3.05) is 52.5 Å². The third-order valence-corrected chi connectivity index (χ3v) is 4.27. The van der Waals surface area contributed by atoms with Crippen LogP contribution in [0.2, 0.25) is 0 Å². The standard InChI is InChI=1S/C15H29N3O3/c1-13(15(20)18-5-3-2-4-6-18)16-11-14(19)12-17-7-9-21-10-8-17/h13-14,16,19H,2-12H2,1H3. The van der Waals surface area contributed by atoms with Crippen molar-refractivity contribution in [1.82, 2.24) is 15.1 Å². The van der Waals surface area contributed by atoms with Gasteiger partial charge in [-0.25, -0.2) is 0 Å². The average Bonchev–Trinajstić information content (AvgIpc) is 2.53. The molecule has 2 unspecified atom stereocenters. The SMILES string of the molecule is CC(NCC(O)CN1CCOCC1)C(=O)N1CCCCC1. The van der Waals surface area contributed by atoms with Crippen LogP contribution < -0.4 is 5.32 Å². The number of carbonyl (C=O) groups is 1. The van der Waals surface area contributed by atoms with Crippen molar-refractivity contribution in [3.8, 4) is 0 Å². The highest BCUT2D eigenvalue weighted by Crippen LogP contribution is 2.10. The number of carbonyl (C=O) groups excluding carboxylic acids is 1. The molecule has 2 fully saturated rings. The molecule has 0 radical (unpaired) electrons. The van der Waals surface area contributed by atoms with Gasteiger partial charge in [0.2, 0.25) is 5.91 Å². The maximum atomic E-state index is 12.3. The fourth-order valence-corrected chi connectivity index (χ4v) is 2.93. The van der Waals surface area contributed by atoms with E-state index in [0.717, 1.165) is 52.2 Å². The zero-order valence-corrected chi connectivity index (χ0v) is 13.1. The monoisotopic (exact) mass is 299 g/mol. The summed E-state index contributed by atoms with van der Waals surface area (Å²) in [5, 5.41) is 13.2. The number of nitrogens with one attached hydrogen (secondary N) is 1. The van der Waals surface area contributed by atoms with Gasteiger partial charge in [-0.1, -0.05) is 0 Å². The highest BCUT2D eigenvalue weighted by molar-refractivity contribution is 5.81. The van der Waals surface area contributed by atoms with Crippen LogP contribution >= 0.6 is 0 Å². The molecule has 0 aromatic heterocycles. The zero-order valence-electron chi connectivity index (χ0n) is 13.1. The molecule has 2 atom stereocenters. The number of rotatable bonds is 6. The Bertz CT molecular complexity index is 315. The lowest BCUT2D eigenvalue weighted by atomic mass is 10.1. The van der Waals surface area contributed by atoms with Crippen LogP contribution in [-0.4, -0.2) is 85.4 Å². The Morgan fingerprint density at radius 3 is 2.52 bits per heavy atom. The predicted octanol–water partition coefficient (Wildman–Crippen LogP) is -0.330. The van der Waals surface area contributed by atoms with Crippen molar-refractivity contribution < 1.29 is 14.6 Å². The van der Waals surface area contributed by atoms with Crippen LogP contribution in [0.25, 0.3) is 0 Å². The predicted molar refractivity (Wildman–Crippen MR) is 81.2 cm³/mol. The van der Waals surface area contributed by atoms with Crippen molar-refractivity contribution in [2.24, 2.45) is 0 Å². The summed E-state index contributed by atoms with van der Waals surface area (Å²) in [6, 6.07) is -0.220. The highest BCUT2D eigenvalue weighted by Gasteiger charge is 2.22. The van der Waals surface area contributed by atoms with Crippen LogP contribution in [0.3, 0.4) is 0 Å². The Morgan fingerprint density at radius 2 is 1.86 bits per heavy atom. The van der Waals surface area contributed by atoms with Crippen molar-refractivity contribution >= 4 is 5.91 Å². The van der Waals surface area contributed by atoms with Crippen molar-refractivity contribution in [2.45, 2.75) is 38.3 Å². The maximum absolute atomic E-state index is 12.3. The molecule has 0 aromatic rings. The molecule has 1 amide bonds. The summed E-state index contributed by atoms with van der Waals surface area (Å²) in [4.78, 5) is 16.4. The average molecular weight is 299 g/mol. The molecule has 6 nitrogen and oxygen atoms in total. The third-order valence-electron chi connectivity index (χ3n) is 4.27. The lowest BCUT2D eigenvalue weighted by Gasteiger charge is -2.31. The van der Waals surface area contributed by atoms with Crippen LogP contribution in [0.15, 0.2) is 0 Å². The summed E-state index contributed by atoms with van der Waals surface area (Å²) >= 11 is 0. The van der Waals surface area contributed by atoms with Crippen molar-refractivity contribution in [3.63, 3.8) is 0 Å². The van der Waals surface area contributed by atoms with Gasteiger partial charge in [-0.3, -0.25) is 9.69 Å². The van der Waals surface area contributed by atoms with Gasteiger partial charge in [0, 0.05) is 39.3 Å². The Morgan fingerprint density at radius 1 is 1.19 bits per heavy atom. The number of amides is 1. The molecule has 0 bridgehead atoms. The number of aliphatic hydroxyl groups is 1. The molecule has 2 rings (SSSR count). The molecule has 2 aliphatic rings. The molecule has 0 aliphatic carbocycles. The number of hydrogen-bond donors (Lipinski definition) is 2. The second-order valence-electron chi connectivity index (χ2n) is 6.08. The molecule has 0 saturated carbocycles. The molecule has 2 aliphatic heterocycles. The number of nitrogens with zero attached hydrogens (tertiary/aromatic N) is 2. The summed E-state index contributed by atoms with van der Waals surface area (Å²) in [6.07, 6.45) is 3.00. The summed E-state index contributed by atoms with van der Waals surface area (Å²) < 4.78 is 5.29. The lowest BCUT2D eigenvalue weighted by Crippen LogP contribution is -2.50. The minimum absolute atomic E-state index is 0.160. The van der Waals surface area contributed by atoms with Crippen molar-refractivity contribution in [3.05, 3.63) is 0 Å². The van der Waals surface area contributed by atoms with Gasteiger partial charge in [0.1, 0.15) is 0 Å². The molecular weight excluding hydrogens is 270 g/mol. The summed E-state index contributed by atoms with van der Waals surface area (Å²) in [5.74, 6) is 0.160. The second kappa shape index (κ2) is 8.68. The molecule has 21 heavy (non-hydrogen) atoms. The number of aliphatic hydroxyl groups excluding tert-OH is 1. The Hall–Kier alpha value is -0.690. The third kappa shape index (κ3) is 5.54. The van der Waals surface area contributed by atoms with Gasteiger partial charge < -0.3 is 20.1 Å². The van der Waals surface area contributed by atoms with Gasteiger partial charge in [-0.15, -0.1) is 0 Å². The van der Waals surface area contributed by atoms with E-state index in [1.165, 1.54) is 6.42 Å². The van der Waals surface area contributed by atoms with Crippen LogP contribution in [0.4, 0.5) is 0 Å². The lowest BCUT2D eigenvalue weighted by molar-refractivity contribution is -0.134. The minimum atomic E-state index is -0.445. The highest BCUT2D eigenvalue weighted by atomic mass is 16.5. The van der Waals surface area contributed by atoms with Crippen LogP contribution in [0, 0.1) is 0 Å². The first-order chi connectivity index (χ1) is 10.2. The van der Waals surface area contributed by atoms with E-state index in [2.05, 4.69) is 10.2 Å². The molecular formula is C15H29N3O3. The van der Waals surface area contributed by atoms with E-state index < -0.39 is 6.10 Å². The number of ether oxygens (including phenoxy) is 1. The maximum Gasteiger partial charge on any atom is 0.239 e. The van der Waals surface area contributed by atoms with Gasteiger partial charge in [0.05, 0.1) is 25.4 Å². The molecule has 2 heterocycles. The van der Waals surface area contributed by atoms with E-state index in [1.54, 1.807) is 0 Å². The number of piperidine rings is 1. The first kappa shape index (κ1) is 16.7. The van der Waals surface area contributed by atoms with Gasteiger partial charge in [-0.2, -0.15) is 0 Å². The number of β-amino-alcohol motifs (C(OH)–C–C–N with tert-alkyl or cyclic N) is 1. The normalized spacial score (nSPS) is 23.8. The molecule has 6 heteroatoms. The van der Waals surface area contributed by atoms with Gasteiger partial charge >= 0.3 is 0 Å². The topological polar surface area (TPSA) is 65.0 Å². The molecule has 0 aromatic carbocycles. The smallest absolute Gasteiger partial charge is 0.239 e. The summed E-state index contributed by atoms with van der Waals surface area (Å²) in [5.41, 5.74) is 0. The van der Waals surface area contributed by atoms with Crippen LogP contribution in [0.1, 0.15) is 26.2 Å². The molecule has 2 saturated heterocycles. The van der Waals surface area contributed by atoms with E-state index in [9.17, 15) is 9.90 Å². The van der Waals surface area contributed by atoms with Gasteiger partial charge in [0.15, 0.2) is 0 Å². The fraction of sp³-hybridized carbons (Fsp3) is 0.933. The van der Waals surface area contributed by atoms with Gasteiger partial charge in [-0.05, 0) is 26.2 Å². The number of morpholine rings is 1. The zero-order chi connectivity index (χ0) is 15.1. The van der Waals surface area contributed by atoms with Crippen LogP contribution in [-0.2, 0) is 9.53 Å². The van der Waals surface area contributed by atoms with E-state index >= 15 is 0 Å². The van der Waals surface area contributed by atoms with Crippen molar-refractivity contribution in [1.29, 1.82) is 0 Å². The largest absolute Gasteiger partial charge is 0.390 e. The number of likely N-dealkylation sites (tertiary alicyclic amines) is 1. The van der Waals surface area contributed by atoms with E-state index in [0.29, 0.717) is 13.1 Å². The molecule has 0 spiro atoms. The van der Waals surface area contributed by atoms with E-state index in [4.69, 9.17) is 4.74 Å². The Balaban J connectivity index is 1.64. The minimum Gasteiger partial charge on any atom is -0.390 e. The number of hydrogen-bond acceptors (Lipinski definition) is 5. The summed E-state index contributed by atoms with van der Waals surface area (Å²) in [7, 11) is 0. The summed E-state index contributed by atoms with van der Waals surface area (Å²) in [6.45, 7) is 7.96. The van der Waals surface area contributed by atoms with E-state index in [-0.39, 0.29) is 11.9 Å². The van der Waals surface area contributed by atoms with Gasteiger partial charge in [0.25, 0.3) is 0 Å². The molecule has 122 valence electrons. The fourth-order valence-electron chi connectivity index (χ4n) is 2.93. The Kier molecular flexibility index (Phi) is 6.89. The Labute approximate surface area is 127 Å². The first-order valence-electron chi connectivity index (χ1n) is 8.17. The quantitative estimate of drug-likeness (QED) is 0.703. The molecule has 2 N–H and O–H groups in total. The van der Waals surface area contributed by atoms with E-state index in [1.807, 2.05) is 11.8 Å². The van der Waals surface area contributed by atoms with Crippen LogP contribution in [0.5, 0.6) is 0 Å². The second-order valence-corrected chi connectivity index (χ2v) is 6.08. The first-order valence-corrected chi connectivity index (χ1v) is 8.17.